The van der Waals surface area contributed by atoms with Gasteiger partial charge in [-0.3, -0.25) is 0 Å². The van der Waals surface area contributed by atoms with Gasteiger partial charge in [0.05, 0.1) is 11.7 Å². The number of ether oxygens (including phenoxy) is 1. The molecule has 1 aliphatic carbocycles. The fraction of sp³-hybridized carbons (Fsp3) is 1.00. The Balaban J connectivity index is 2.25. The highest BCUT2D eigenvalue weighted by Gasteiger charge is 2.53. The van der Waals surface area contributed by atoms with Crippen molar-refractivity contribution in [3.63, 3.8) is 0 Å². The molecule has 1 heterocycles. The molecule has 1 N–H and O–H groups in total. The summed E-state index contributed by atoms with van der Waals surface area (Å²) in [5, 5.41) is 10.1. The number of aliphatic hydroxyl groups is 1. The van der Waals surface area contributed by atoms with Crippen molar-refractivity contribution in [2.24, 2.45) is 17.8 Å². The largest absolute Gasteiger partial charge is 0.390 e. The smallest absolute Gasteiger partial charge is 0.0946 e. The second-order valence-electron chi connectivity index (χ2n) is 5.06. The number of hydrogen-bond donors (Lipinski definition) is 1. The molecule has 0 bridgehead atoms. The zero-order valence-corrected chi connectivity index (χ0v) is 8.79. The van der Waals surface area contributed by atoms with Crippen molar-refractivity contribution in [3.8, 4) is 0 Å². The summed E-state index contributed by atoms with van der Waals surface area (Å²) in [6.45, 7) is 7.33. The van der Waals surface area contributed by atoms with Gasteiger partial charge in [0, 0.05) is 6.61 Å². The van der Waals surface area contributed by atoms with Crippen LogP contribution < -0.4 is 0 Å². The Morgan fingerprint density at radius 1 is 1.31 bits per heavy atom. The molecule has 0 aromatic rings. The van der Waals surface area contributed by atoms with E-state index in [-0.39, 0.29) is 11.7 Å². The van der Waals surface area contributed by atoms with Crippen LogP contribution in [0.15, 0.2) is 0 Å². The zero-order chi connectivity index (χ0) is 9.64. The molecular weight excluding hydrogens is 164 g/mol. The van der Waals surface area contributed by atoms with Gasteiger partial charge in [-0.1, -0.05) is 13.8 Å². The van der Waals surface area contributed by atoms with Gasteiger partial charge < -0.3 is 9.84 Å². The van der Waals surface area contributed by atoms with Gasteiger partial charge in [0.15, 0.2) is 0 Å². The van der Waals surface area contributed by atoms with Crippen LogP contribution in [0.25, 0.3) is 0 Å². The first kappa shape index (κ1) is 9.47. The van der Waals surface area contributed by atoms with E-state index in [1.807, 2.05) is 0 Å². The van der Waals surface area contributed by atoms with Crippen LogP contribution in [0, 0.1) is 17.8 Å². The number of aliphatic hydroxyl groups excluding tert-OH is 1. The third-order valence-electron chi connectivity index (χ3n) is 4.13. The number of rotatable bonds is 0. The van der Waals surface area contributed by atoms with Gasteiger partial charge in [0.2, 0.25) is 0 Å². The summed E-state index contributed by atoms with van der Waals surface area (Å²) in [6, 6.07) is 0. The molecule has 2 heteroatoms. The molecule has 1 aliphatic heterocycles. The summed E-state index contributed by atoms with van der Waals surface area (Å²) in [6.07, 6.45) is 2.00. The van der Waals surface area contributed by atoms with E-state index in [0.717, 1.165) is 19.4 Å². The fourth-order valence-electron chi connectivity index (χ4n) is 3.40. The summed E-state index contributed by atoms with van der Waals surface area (Å²) in [4.78, 5) is 0. The zero-order valence-electron chi connectivity index (χ0n) is 8.79. The molecule has 1 saturated heterocycles. The molecule has 2 rings (SSSR count). The molecule has 0 amide bonds. The van der Waals surface area contributed by atoms with Gasteiger partial charge in [0.1, 0.15) is 0 Å². The monoisotopic (exact) mass is 184 g/mol. The lowest BCUT2D eigenvalue weighted by Crippen LogP contribution is -2.53. The highest BCUT2D eigenvalue weighted by atomic mass is 16.5. The second-order valence-corrected chi connectivity index (χ2v) is 5.06. The topological polar surface area (TPSA) is 29.5 Å². The quantitative estimate of drug-likeness (QED) is 0.622. The first-order valence-electron chi connectivity index (χ1n) is 5.37. The van der Waals surface area contributed by atoms with E-state index in [0.29, 0.717) is 17.8 Å². The second kappa shape index (κ2) is 2.96. The third-order valence-corrected chi connectivity index (χ3v) is 4.13. The highest BCUT2D eigenvalue weighted by molar-refractivity contribution is 5.02. The van der Waals surface area contributed by atoms with Crippen LogP contribution in [0.1, 0.15) is 33.6 Å². The minimum absolute atomic E-state index is 0.253. The SMILES string of the molecule is CC1CC(C)C2CCOC2(C)C1O. The van der Waals surface area contributed by atoms with Gasteiger partial charge in [-0.05, 0) is 37.5 Å². The maximum atomic E-state index is 10.1. The molecule has 2 fully saturated rings. The summed E-state index contributed by atoms with van der Waals surface area (Å²) in [5.41, 5.74) is -0.253. The van der Waals surface area contributed by atoms with Crippen LogP contribution >= 0.6 is 0 Å². The fourth-order valence-corrected chi connectivity index (χ4v) is 3.40. The molecule has 13 heavy (non-hydrogen) atoms. The van der Waals surface area contributed by atoms with Crippen molar-refractivity contribution >= 4 is 0 Å². The van der Waals surface area contributed by atoms with Crippen LogP contribution in [0.5, 0.6) is 0 Å². The van der Waals surface area contributed by atoms with Gasteiger partial charge >= 0.3 is 0 Å². The minimum atomic E-state index is -0.267. The Morgan fingerprint density at radius 3 is 2.69 bits per heavy atom. The molecule has 76 valence electrons. The highest BCUT2D eigenvalue weighted by Crippen LogP contribution is 2.48. The molecule has 5 unspecified atom stereocenters. The first-order valence-corrected chi connectivity index (χ1v) is 5.37. The molecule has 0 aromatic carbocycles. The van der Waals surface area contributed by atoms with Gasteiger partial charge in [0.25, 0.3) is 0 Å². The van der Waals surface area contributed by atoms with Crippen LogP contribution in [0.4, 0.5) is 0 Å². The predicted octanol–water partition coefficient (Wildman–Crippen LogP) is 1.82. The number of fused-ring (bicyclic) bond motifs is 1. The molecule has 2 aliphatic rings. The van der Waals surface area contributed by atoms with E-state index in [2.05, 4.69) is 20.8 Å². The van der Waals surface area contributed by atoms with Gasteiger partial charge in [-0.15, -0.1) is 0 Å². The summed E-state index contributed by atoms with van der Waals surface area (Å²) in [7, 11) is 0. The molecule has 0 spiro atoms. The van der Waals surface area contributed by atoms with E-state index >= 15 is 0 Å². The van der Waals surface area contributed by atoms with Crippen molar-refractivity contribution in [2.75, 3.05) is 6.61 Å². The van der Waals surface area contributed by atoms with E-state index in [1.165, 1.54) is 0 Å². The van der Waals surface area contributed by atoms with E-state index in [1.54, 1.807) is 0 Å². The van der Waals surface area contributed by atoms with Crippen LogP contribution in [-0.4, -0.2) is 23.4 Å². The van der Waals surface area contributed by atoms with Crippen molar-refractivity contribution < 1.29 is 9.84 Å². The Hall–Kier alpha value is -0.0800. The molecular formula is C11H20O2. The minimum Gasteiger partial charge on any atom is -0.390 e. The molecule has 0 aromatic heterocycles. The average Bonchev–Trinajstić information content (AvgIpc) is 2.45. The average molecular weight is 184 g/mol. The molecule has 2 nitrogen and oxygen atoms in total. The van der Waals surface area contributed by atoms with Crippen molar-refractivity contribution in [1.29, 1.82) is 0 Å². The lowest BCUT2D eigenvalue weighted by molar-refractivity contribution is -0.151. The summed E-state index contributed by atoms with van der Waals surface area (Å²) < 4.78 is 5.75. The summed E-state index contributed by atoms with van der Waals surface area (Å²) >= 11 is 0. The third kappa shape index (κ3) is 1.23. The maximum Gasteiger partial charge on any atom is 0.0946 e. The predicted molar refractivity (Wildman–Crippen MR) is 51.4 cm³/mol. The normalized spacial score (nSPS) is 56.3. The maximum absolute atomic E-state index is 10.1. The van der Waals surface area contributed by atoms with Crippen molar-refractivity contribution in [1.82, 2.24) is 0 Å². The standard InChI is InChI=1S/C11H20O2/c1-7-6-8(2)10(12)11(3)9(7)4-5-13-11/h7-10,12H,4-6H2,1-3H3. The van der Waals surface area contributed by atoms with Crippen molar-refractivity contribution in [3.05, 3.63) is 0 Å². The Kier molecular flexibility index (Phi) is 2.16. The van der Waals surface area contributed by atoms with E-state index < -0.39 is 0 Å². The Bertz CT molecular complexity index is 204. The van der Waals surface area contributed by atoms with Crippen LogP contribution in [0.3, 0.4) is 0 Å². The van der Waals surface area contributed by atoms with Gasteiger partial charge in [-0.25, -0.2) is 0 Å². The van der Waals surface area contributed by atoms with Crippen molar-refractivity contribution in [2.45, 2.75) is 45.3 Å². The Labute approximate surface area is 80.3 Å². The molecule has 5 atom stereocenters. The first-order chi connectivity index (χ1) is 6.05. The molecule has 1 saturated carbocycles. The van der Waals surface area contributed by atoms with Crippen LogP contribution in [0.2, 0.25) is 0 Å². The Morgan fingerprint density at radius 2 is 2.00 bits per heavy atom. The lowest BCUT2D eigenvalue weighted by atomic mass is 9.65. The van der Waals surface area contributed by atoms with Gasteiger partial charge in [-0.2, -0.15) is 0 Å². The van der Waals surface area contributed by atoms with E-state index in [9.17, 15) is 5.11 Å². The van der Waals surface area contributed by atoms with Crippen LogP contribution in [-0.2, 0) is 4.74 Å². The molecule has 0 radical (unpaired) electrons. The lowest BCUT2D eigenvalue weighted by Gasteiger charge is -2.46. The summed E-state index contributed by atoms with van der Waals surface area (Å²) in [5.74, 6) is 1.65. The van der Waals surface area contributed by atoms with E-state index in [4.69, 9.17) is 4.74 Å². The number of hydrogen-bond acceptors (Lipinski definition) is 2.